The summed E-state index contributed by atoms with van der Waals surface area (Å²) in [7, 11) is 0. The van der Waals surface area contributed by atoms with Crippen LogP contribution in [0.5, 0.6) is 11.5 Å². The number of ether oxygens (including phenoxy) is 2. The number of benzene rings is 2. The van der Waals surface area contributed by atoms with Crippen LogP contribution in [0.15, 0.2) is 48.5 Å². The molecule has 0 aliphatic carbocycles. The zero-order valence-corrected chi connectivity index (χ0v) is 17.3. The molecule has 0 spiro atoms. The number of hydrogen-bond acceptors (Lipinski definition) is 4. The van der Waals surface area contributed by atoms with E-state index >= 15 is 0 Å². The molecule has 0 radical (unpaired) electrons. The summed E-state index contributed by atoms with van der Waals surface area (Å²) in [5.41, 5.74) is 2.35. The first kappa shape index (κ1) is 19.8. The van der Waals surface area contributed by atoms with Gasteiger partial charge in [-0.15, -0.1) is 0 Å². The number of nitrogens with zero attached hydrogens (tertiary/aromatic N) is 1. The highest BCUT2D eigenvalue weighted by atomic mass is 16.6. The summed E-state index contributed by atoms with van der Waals surface area (Å²) < 4.78 is 11.4. The lowest BCUT2D eigenvalue weighted by molar-refractivity contribution is -0.123. The quantitative estimate of drug-likeness (QED) is 0.801. The van der Waals surface area contributed by atoms with Crippen LogP contribution in [0.3, 0.4) is 0 Å². The highest BCUT2D eigenvalue weighted by Crippen LogP contribution is 2.38. The Morgan fingerprint density at radius 1 is 1.10 bits per heavy atom. The fraction of sp³-hybridized carbons (Fsp3) is 0.458. The van der Waals surface area contributed by atoms with Gasteiger partial charge in [-0.3, -0.25) is 9.69 Å². The van der Waals surface area contributed by atoms with Crippen LogP contribution in [0, 0.1) is 5.92 Å². The normalized spacial score (nSPS) is 19.9. The van der Waals surface area contributed by atoms with E-state index in [0.717, 1.165) is 36.4 Å². The van der Waals surface area contributed by atoms with Crippen LogP contribution in [-0.4, -0.2) is 37.1 Å². The van der Waals surface area contributed by atoms with Gasteiger partial charge in [0.15, 0.2) is 11.5 Å². The second-order valence-electron chi connectivity index (χ2n) is 8.23. The van der Waals surface area contributed by atoms with Crippen molar-refractivity contribution in [3.63, 3.8) is 0 Å². The van der Waals surface area contributed by atoms with E-state index in [2.05, 4.69) is 48.3 Å². The summed E-state index contributed by atoms with van der Waals surface area (Å²) in [6.07, 6.45) is 2.15. The van der Waals surface area contributed by atoms with Gasteiger partial charge in [-0.05, 0) is 48.6 Å². The molecule has 2 aromatic rings. The summed E-state index contributed by atoms with van der Waals surface area (Å²) in [4.78, 5) is 15.2. The summed E-state index contributed by atoms with van der Waals surface area (Å²) in [5.74, 6) is 2.03. The van der Waals surface area contributed by atoms with E-state index < -0.39 is 0 Å². The van der Waals surface area contributed by atoms with Crippen molar-refractivity contribution in [2.24, 2.45) is 5.92 Å². The van der Waals surface area contributed by atoms with E-state index in [1.807, 2.05) is 24.3 Å². The first-order valence-electron chi connectivity index (χ1n) is 10.6. The molecular formula is C24H30N2O3. The third-order valence-electron chi connectivity index (χ3n) is 5.80. The van der Waals surface area contributed by atoms with Crippen molar-refractivity contribution in [1.29, 1.82) is 0 Å². The average Bonchev–Trinajstić information content (AvgIpc) is 3.20. The van der Waals surface area contributed by atoms with Gasteiger partial charge in [0.05, 0.1) is 12.6 Å². The predicted octanol–water partition coefficient (Wildman–Crippen LogP) is 4.11. The Balaban J connectivity index is 1.43. The molecule has 1 fully saturated rings. The summed E-state index contributed by atoms with van der Waals surface area (Å²) in [5, 5.41) is 3.26. The Morgan fingerprint density at radius 3 is 2.62 bits per heavy atom. The number of carbonyl (C=O) groups excluding carboxylic acids is 1. The van der Waals surface area contributed by atoms with Crippen LogP contribution in [0.25, 0.3) is 0 Å². The van der Waals surface area contributed by atoms with Gasteiger partial charge in [0.1, 0.15) is 13.2 Å². The molecule has 0 aromatic heterocycles. The molecule has 29 heavy (non-hydrogen) atoms. The maximum atomic E-state index is 12.9. The van der Waals surface area contributed by atoms with Gasteiger partial charge in [0.25, 0.3) is 0 Å². The van der Waals surface area contributed by atoms with Gasteiger partial charge < -0.3 is 14.8 Å². The number of amides is 1. The predicted molar refractivity (Wildman–Crippen MR) is 113 cm³/mol. The molecule has 2 aliphatic heterocycles. The minimum atomic E-state index is 0.0269. The average molecular weight is 395 g/mol. The van der Waals surface area contributed by atoms with Crippen LogP contribution < -0.4 is 14.8 Å². The van der Waals surface area contributed by atoms with Crippen LogP contribution in [-0.2, 0) is 4.79 Å². The monoisotopic (exact) mass is 394 g/mol. The van der Waals surface area contributed by atoms with Crippen LogP contribution in [0.1, 0.15) is 49.9 Å². The molecule has 2 aromatic carbocycles. The van der Waals surface area contributed by atoms with Crippen molar-refractivity contribution in [1.82, 2.24) is 10.2 Å². The molecule has 2 heterocycles. The number of hydrogen-bond donors (Lipinski definition) is 1. The Kier molecular flexibility index (Phi) is 6.05. The molecule has 0 saturated carbocycles. The minimum absolute atomic E-state index is 0.0269. The van der Waals surface area contributed by atoms with Crippen LogP contribution in [0.2, 0.25) is 0 Å². The molecule has 4 rings (SSSR count). The van der Waals surface area contributed by atoms with Crippen molar-refractivity contribution in [3.05, 3.63) is 59.7 Å². The summed E-state index contributed by atoms with van der Waals surface area (Å²) >= 11 is 0. The molecule has 1 amide bonds. The number of rotatable bonds is 6. The van der Waals surface area contributed by atoms with E-state index in [-0.39, 0.29) is 18.0 Å². The molecule has 1 saturated heterocycles. The lowest BCUT2D eigenvalue weighted by atomic mass is 9.96. The largest absolute Gasteiger partial charge is 0.486 e. The molecule has 154 valence electrons. The highest BCUT2D eigenvalue weighted by molar-refractivity contribution is 5.78. The number of carbonyl (C=O) groups is 1. The lowest BCUT2D eigenvalue weighted by Gasteiger charge is -2.28. The van der Waals surface area contributed by atoms with Crippen molar-refractivity contribution >= 4 is 5.91 Å². The number of nitrogens with one attached hydrogen (secondary N) is 1. The van der Waals surface area contributed by atoms with Gasteiger partial charge in [-0.1, -0.05) is 50.2 Å². The second-order valence-corrected chi connectivity index (χ2v) is 8.23. The smallest absolute Gasteiger partial charge is 0.234 e. The maximum absolute atomic E-state index is 12.9. The lowest BCUT2D eigenvalue weighted by Crippen LogP contribution is -2.40. The molecule has 0 bridgehead atoms. The van der Waals surface area contributed by atoms with Gasteiger partial charge in [-0.25, -0.2) is 0 Å². The highest BCUT2D eigenvalue weighted by Gasteiger charge is 2.29. The molecule has 5 heteroatoms. The Labute approximate surface area is 173 Å². The third-order valence-corrected chi connectivity index (χ3v) is 5.80. The second kappa shape index (κ2) is 8.87. The maximum Gasteiger partial charge on any atom is 0.234 e. The third kappa shape index (κ3) is 4.56. The van der Waals surface area contributed by atoms with E-state index in [0.29, 0.717) is 25.7 Å². The Hall–Kier alpha value is -2.53. The van der Waals surface area contributed by atoms with Crippen LogP contribution >= 0.6 is 0 Å². The first-order chi connectivity index (χ1) is 14.1. The van der Waals surface area contributed by atoms with Gasteiger partial charge in [0.2, 0.25) is 5.91 Å². The summed E-state index contributed by atoms with van der Waals surface area (Å²) in [6.45, 7) is 6.82. The molecular weight excluding hydrogens is 364 g/mol. The molecule has 2 atom stereocenters. The zero-order chi connectivity index (χ0) is 20.2. The Bertz CT molecular complexity index is 837. The van der Waals surface area contributed by atoms with Gasteiger partial charge in [-0.2, -0.15) is 0 Å². The topological polar surface area (TPSA) is 50.8 Å². The zero-order valence-electron chi connectivity index (χ0n) is 17.3. The van der Waals surface area contributed by atoms with E-state index in [9.17, 15) is 4.79 Å². The molecule has 0 unspecified atom stereocenters. The van der Waals surface area contributed by atoms with Gasteiger partial charge in [0, 0.05) is 6.04 Å². The van der Waals surface area contributed by atoms with Crippen molar-refractivity contribution in [3.8, 4) is 11.5 Å². The van der Waals surface area contributed by atoms with E-state index in [1.165, 1.54) is 5.56 Å². The van der Waals surface area contributed by atoms with E-state index in [1.54, 1.807) is 0 Å². The molecule has 5 nitrogen and oxygen atoms in total. The fourth-order valence-electron chi connectivity index (χ4n) is 4.36. The number of fused-ring (bicyclic) bond motifs is 1. The summed E-state index contributed by atoms with van der Waals surface area (Å²) in [6, 6.07) is 16.7. The standard InChI is InChI=1S/C24H30N2O3/c1-17(2)24(18-7-4-3-5-8-18)25-23(27)16-26-12-6-9-20(26)19-10-11-21-22(15-19)29-14-13-28-21/h3-5,7-8,10-11,15,17,20,24H,6,9,12-14,16H2,1-2H3,(H,25,27)/t20-,24+/m0/s1. The molecule has 2 aliphatic rings. The SMILES string of the molecule is CC(C)[C@@H](NC(=O)CN1CCC[C@H]1c1ccc2c(c1)OCCO2)c1ccccc1. The van der Waals surface area contributed by atoms with Crippen LogP contribution in [0.4, 0.5) is 0 Å². The minimum Gasteiger partial charge on any atom is -0.486 e. The number of likely N-dealkylation sites (tertiary alicyclic amines) is 1. The van der Waals surface area contributed by atoms with Crippen molar-refractivity contribution in [2.45, 2.75) is 38.8 Å². The van der Waals surface area contributed by atoms with Gasteiger partial charge >= 0.3 is 0 Å². The molecule has 1 N–H and O–H groups in total. The Morgan fingerprint density at radius 2 is 1.86 bits per heavy atom. The fourth-order valence-corrected chi connectivity index (χ4v) is 4.36. The van der Waals surface area contributed by atoms with Crippen molar-refractivity contribution < 1.29 is 14.3 Å². The van der Waals surface area contributed by atoms with E-state index in [4.69, 9.17) is 9.47 Å². The van der Waals surface area contributed by atoms with Crippen molar-refractivity contribution in [2.75, 3.05) is 26.3 Å². The first-order valence-corrected chi connectivity index (χ1v) is 10.6.